The van der Waals surface area contributed by atoms with Crippen LogP contribution < -0.4 is 20.6 Å². The highest BCUT2D eigenvalue weighted by molar-refractivity contribution is 7.26. The zero-order valence-electron chi connectivity index (χ0n) is 42.1. The Labute approximate surface area is 407 Å². The summed E-state index contributed by atoms with van der Waals surface area (Å²) in [6, 6.07) is 45.0. The molecule has 13 rings (SSSR count). The van der Waals surface area contributed by atoms with Crippen LogP contribution in [-0.4, -0.2) is 6.85 Å². The monoisotopic (exact) mass is 906 g/mol. The molecular weight excluding hydrogens is 844 g/mol. The summed E-state index contributed by atoms with van der Waals surface area (Å²) in [5.41, 5.74) is 21.0. The summed E-state index contributed by atoms with van der Waals surface area (Å²) in [5, 5.41) is 7.52. The average Bonchev–Trinajstić information content (AvgIpc) is 3.87. The van der Waals surface area contributed by atoms with Crippen LogP contribution in [0.5, 0.6) is 0 Å². The summed E-state index contributed by atoms with van der Waals surface area (Å²) < 4.78 is 8.71. The summed E-state index contributed by atoms with van der Waals surface area (Å²) in [6.07, 6.45) is 4.69. The van der Waals surface area contributed by atoms with Gasteiger partial charge in [-0.3, -0.25) is 4.90 Å². The zero-order valence-corrected chi connectivity index (χ0v) is 42.9. The summed E-state index contributed by atoms with van der Waals surface area (Å²) in [4.78, 5) is 5.43. The maximum atomic E-state index is 7.34. The lowest BCUT2D eigenvalue weighted by Gasteiger charge is -2.46. The van der Waals surface area contributed by atoms with Gasteiger partial charge in [0.25, 0.3) is 0 Å². The summed E-state index contributed by atoms with van der Waals surface area (Å²) in [7, 11) is 0. The maximum Gasteiger partial charge on any atom is 0.334 e. The van der Waals surface area contributed by atoms with Crippen molar-refractivity contribution in [3.63, 3.8) is 0 Å². The molecule has 0 saturated carbocycles. The van der Waals surface area contributed by atoms with Crippen molar-refractivity contribution in [1.82, 2.24) is 0 Å². The van der Waals surface area contributed by atoms with E-state index in [1.807, 2.05) is 11.3 Å². The third-order valence-corrected chi connectivity index (χ3v) is 18.6. The number of furan rings is 1. The van der Waals surface area contributed by atoms with Crippen LogP contribution in [0.3, 0.4) is 0 Å². The lowest BCUT2D eigenvalue weighted by molar-refractivity contribution is 0.332. The molecule has 4 aliphatic rings. The van der Waals surface area contributed by atoms with Gasteiger partial charge in [-0.25, -0.2) is 0 Å². The first-order chi connectivity index (χ1) is 32.2. The minimum atomic E-state index is -0.141. The van der Waals surface area contributed by atoms with Gasteiger partial charge in [0.2, 0.25) is 0 Å². The van der Waals surface area contributed by atoms with E-state index in [-0.39, 0.29) is 33.9 Å². The molecule has 3 nitrogen and oxygen atoms in total. The average molecular weight is 907 g/mol. The van der Waals surface area contributed by atoms with E-state index in [9.17, 15) is 0 Å². The number of hydrogen-bond acceptors (Lipinski definition) is 4. The molecule has 2 aromatic heterocycles. The van der Waals surface area contributed by atoms with Crippen LogP contribution in [0.25, 0.3) is 53.9 Å². The number of benzene rings is 7. The SMILES string of the molecule is Cc1cc2c(cc1N1c3sc4cc5c(cc4c3B3c4c(cc6c(oc7ccccc76)c41)-c1c(ccc4ccccc14)N3c1ccc(C(C)(C)C)cc1)C(C)(C)CCC5(C)C)C(C)(C)CCC2(C)C. The predicted molar refractivity (Wildman–Crippen MR) is 294 cm³/mol. The van der Waals surface area contributed by atoms with Gasteiger partial charge < -0.3 is 9.23 Å². The lowest BCUT2D eigenvalue weighted by Crippen LogP contribution is -2.61. The van der Waals surface area contributed by atoms with Crippen LogP contribution >= 0.6 is 11.3 Å². The standard InChI is InChI=1S/C63H63BN2OS/c1-36-31-45-47(62(9,10)29-27-60(45,5)6)34-50(36)65-56-54-44(32-42-41-19-15-16-20-51(41)67-57(42)56)53-40-18-14-13-17-37(40)21-26-49(53)66(39-24-22-38(23-25-39)59(2,3)4)64(54)55-43-33-46-48(35-52(43)68-58(55)65)63(11,12)30-28-61(46,7)8/h13-26,31-35H,27-30H2,1-12H3. The molecule has 0 atom stereocenters. The summed E-state index contributed by atoms with van der Waals surface area (Å²) in [6.45, 7) is 28.9. The van der Waals surface area contributed by atoms with Gasteiger partial charge in [0.1, 0.15) is 5.58 Å². The fourth-order valence-electron chi connectivity index (χ4n) is 13.1. The molecule has 2 aliphatic carbocycles. The van der Waals surface area contributed by atoms with Gasteiger partial charge in [0.05, 0.1) is 16.4 Å². The highest BCUT2D eigenvalue weighted by atomic mass is 32.1. The fourth-order valence-corrected chi connectivity index (χ4v) is 14.4. The van der Waals surface area contributed by atoms with E-state index < -0.39 is 0 Å². The molecule has 0 saturated heterocycles. The quantitative estimate of drug-likeness (QED) is 0.161. The highest BCUT2D eigenvalue weighted by Crippen LogP contribution is 2.57. The maximum absolute atomic E-state index is 7.34. The smallest absolute Gasteiger partial charge is 0.334 e. The van der Waals surface area contributed by atoms with E-state index in [1.165, 1.54) is 129 Å². The fraction of sp³-hybridized carbons (Fsp3) is 0.333. The van der Waals surface area contributed by atoms with E-state index in [0.29, 0.717) is 0 Å². The van der Waals surface area contributed by atoms with Crippen LogP contribution in [0.15, 0.2) is 120 Å². The minimum absolute atomic E-state index is 0.0272. The van der Waals surface area contributed by atoms with Crippen LogP contribution in [-0.2, 0) is 27.1 Å². The minimum Gasteiger partial charge on any atom is -0.454 e. The Morgan fingerprint density at radius 2 is 1.18 bits per heavy atom. The number of nitrogens with zero attached hydrogens (tertiary/aromatic N) is 2. The lowest BCUT2D eigenvalue weighted by atomic mass is 9.43. The summed E-state index contributed by atoms with van der Waals surface area (Å²) in [5.74, 6) is 0. The molecule has 5 heteroatoms. The molecule has 0 unspecified atom stereocenters. The molecular formula is C63H63BN2OS. The van der Waals surface area contributed by atoms with Crippen molar-refractivity contribution >= 4 is 99.7 Å². The third kappa shape index (κ3) is 5.78. The Balaban J connectivity index is 1.24. The van der Waals surface area contributed by atoms with Crippen molar-refractivity contribution in [1.29, 1.82) is 0 Å². The first-order valence-electron chi connectivity index (χ1n) is 25.2. The van der Waals surface area contributed by atoms with E-state index in [0.717, 1.165) is 23.0 Å². The van der Waals surface area contributed by atoms with Crippen LogP contribution in [0.1, 0.15) is 135 Å². The largest absolute Gasteiger partial charge is 0.454 e. The van der Waals surface area contributed by atoms with Gasteiger partial charge in [-0.05, 0) is 174 Å². The van der Waals surface area contributed by atoms with Gasteiger partial charge in [0, 0.05) is 32.4 Å². The van der Waals surface area contributed by atoms with Gasteiger partial charge in [-0.2, -0.15) is 0 Å². The molecule has 340 valence electrons. The molecule has 9 aromatic rings. The number of thiophene rings is 1. The zero-order chi connectivity index (χ0) is 47.2. The topological polar surface area (TPSA) is 19.6 Å². The van der Waals surface area contributed by atoms with Gasteiger partial charge in [0.15, 0.2) is 5.58 Å². The molecule has 0 spiro atoms. The Hall–Kier alpha value is -5.78. The third-order valence-electron chi connectivity index (χ3n) is 17.5. The number of rotatable bonds is 2. The number of hydrogen-bond donors (Lipinski definition) is 0. The van der Waals surface area contributed by atoms with Crippen molar-refractivity contribution < 1.29 is 4.42 Å². The highest BCUT2D eigenvalue weighted by Gasteiger charge is 2.50. The second-order valence-corrected chi connectivity index (χ2v) is 25.7. The van der Waals surface area contributed by atoms with Crippen LogP contribution in [0, 0.1) is 6.92 Å². The first kappa shape index (κ1) is 42.3. The second kappa shape index (κ2) is 13.7. The molecule has 0 N–H and O–H groups in total. The number of fused-ring (bicyclic) bond motifs is 14. The van der Waals surface area contributed by atoms with Gasteiger partial charge in [-0.1, -0.05) is 143 Å². The molecule has 68 heavy (non-hydrogen) atoms. The number of para-hydroxylation sites is 1. The molecule has 4 heterocycles. The Bertz CT molecular complexity index is 3650. The molecule has 0 bridgehead atoms. The van der Waals surface area contributed by atoms with E-state index in [2.05, 4.69) is 208 Å². The van der Waals surface area contributed by atoms with Crippen LogP contribution in [0.4, 0.5) is 27.8 Å². The molecule has 7 aromatic carbocycles. The van der Waals surface area contributed by atoms with Crippen molar-refractivity contribution in [2.45, 2.75) is 136 Å². The van der Waals surface area contributed by atoms with Crippen molar-refractivity contribution in [2.75, 3.05) is 9.71 Å². The summed E-state index contributed by atoms with van der Waals surface area (Å²) >= 11 is 1.99. The van der Waals surface area contributed by atoms with Crippen LogP contribution in [0.2, 0.25) is 0 Å². The van der Waals surface area contributed by atoms with E-state index >= 15 is 0 Å². The Kier molecular flexibility index (Phi) is 8.54. The number of aryl methyl sites for hydroxylation is 1. The van der Waals surface area contributed by atoms with Crippen molar-refractivity contribution in [3.8, 4) is 11.1 Å². The molecule has 0 amide bonds. The predicted octanol–water partition coefficient (Wildman–Crippen LogP) is 17.0. The van der Waals surface area contributed by atoms with Gasteiger partial charge >= 0.3 is 6.85 Å². The van der Waals surface area contributed by atoms with Crippen molar-refractivity contribution in [2.24, 2.45) is 0 Å². The number of anilines is 5. The van der Waals surface area contributed by atoms with Gasteiger partial charge in [-0.15, -0.1) is 11.3 Å². The molecule has 0 fully saturated rings. The first-order valence-corrected chi connectivity index (χ1v) is 26.0. The van der Waals surface area contributed by atoms with Crippen molar-refractivity contribution in [3.05, 3.63) is 149 Å². The second-order valence-electron chi connectivity index (χ2n) is 24.7. The Morgan fingerprint density at radius 3 is 1.85 bits per heavy atom. The molecule has 0 radical (unpaired) electrons. The Morgan fingerprint density at radius 1 is 0.574 bits per heavy atom. The molecule has 2 aliphatic heterocycles. The van der Waals surface area contributed by atoms with E-state index in [1.54, 1.807) is 0 Å². The normalized spacial score (nSPS) is 18.4. The van der Waals surface area contributed by atoms with E-state index in [4.69, 9.17) is 4.42 Å².